The van der Waals surface area contributed by atoms with Gasteiger partial charge in [-0.3, -0.25) is 0 Å². The third-order valence-corrected chi connectivity index (χ3v) is 2.85. The fourth-order valence-electron chi connectivity index (χ4n) is 2.00. The number of nitrogens with two attached hydrogens (primary N) is 1. The number of aromatic nitrogens is 2. The van der Waals surface area contributed by atoms with Crippen LogP contribution in [0.25, 0.3) is 0 Å². The summed E-state index contributed by atoms with van der Waals surface area (Å²) in [6.45, 7) is 3.40. The Morgan fingerprint density at radius 3 is 2.62 bits per heavy atom. The summed E-state index contributed by atoms with van der Waals surface area (Å²) in [6, 6.07) is 0. The van der Waals surface area contributed by atoms with Crippen LogP contribution in [-0.2, 0) is 17.6 Å². The summed E-state index contributed by atoms with van der Waals surface area (Å²) < 4.78 is 45.2. The van der Waals surface area contributed by atoms with Gasteiger partial charge >= 0.3 is 6.18 Å². The van der Waals surface area contributed by atoms with E-state index in [1.54, 1.807) is 0 Å². The predicted molar refractivity (Wildman–Crippen MR) is 70.6 cm³/mol. The minimum absolute atomic E-state index is 0.0925. The molecule has 8 heteroatoms. The van der Waals surface area contributed by atoms with Gasteiger partial charge in [-0.1, -0.05) is 19.0 Å². The van der Waals surface area contributed by atoms with Gasteiger partial charge in [0.25, 0.3) is 0 Å². The minimum atomic E-state index is -4.31. The molecule has 0 radical (unpaired) electrons. The van der Waals surface area contributed by atoms with Crippen molar-refractivity contribution in [3.63, 3.8) is 0 Å². The van der Waals surface area contributed by atoms with Crippen molar-refractivity contribution in [2.45, 2.75) is 39.3 Å². The maximum Gasteiger partial charge on any atom is 0.411 e. The van der Waals surface area contributed by atoms with Gasteiger partial charge in [-0.05, 0) is 24.8 Å². The van der Waals surface area contributed by atoms with E-state index in [0.29, 0.717) is 30.6 Å². The summed E-state index contributed by atoms with van der Waals surface area (Å²) in [7, 11) is 0. The first kappa shape index (κ1) is 17.9. The lowest BCUT2D eigenvalue weighted by Gasteiger charge is -2.14. The Hall–Kier alpha value is -1.15. The van der Waals surface area contributed by atoms with Crippen molar-refractivity contribution < 1.29 is 22.4 Å². The van der Waals surface area contributed by atoms with Gasteiger partial charge in [0, 0.05) is 12.8 Å². The number of nitrogens with zero attached hydrogens (tertiary/aromatic N) is 2. The number of ether oxygens (including phenoxy) is 1. The molecule has 0 aromatic carbocycles. The van der Waals surface area contributed by atoms with Gasteiger partial charge in [0.2, 0.25) is 5.89 Å². The van der Waals surface area contributed by atoms with E-state index in [9.17, 15) is 13.2 Å². The van der Waals surface area contributed by atoms with Crippen LogP contribution in [0, 0.1) is 11.8 Å². The second kappa shape index (κ2) is 8.33. The highest BCUT2D eigenvalue weighted by atomic mass is 19.4. The number of hydrogen-bond acceptors (Lipinski definition) is 5. The number of alkyl halides is 3. The van der Waals surface area contributed by atoms with Gasteiger partial charge < -0.3 is 15.0 Å². The molecule has 1 heterocycles. The lowest BCUT2D eigenvalue weighted by molar-refractivity contribution is -0.173. The smallest absolute Gasteiger partial charge is 0.372 e. The van der Waals surface area contributed by atoms with E-state index in [1.165, 1.54) is 0 Å². The van der Waals surface area contributed by atoms with Crippen molar-refractivity contribution in [3.8, 4) is 0 Å². The van der Waals surface area contributed by atoms with Crippen molar-refractivity contribution in [2.75, 3.05) is 19.8 Å². The van der Waals surface area contributed by atoms with Crippen molar-refractivity contribution in [1.29, 1.82) is 0 Å². The van der Waals surface area contributed by atoms with Gasteiger partial charge in [-0.25, -0.2) is 0 Å². The van der Waals surface area contributed by atoms with Crippen LogP contribution in [0.2, 0.25) is 0 Å². The van der Waals surface area contributed by atoms with Gasteiger partial charge in [0.15, 0.2) is 5.82 Å². The van der Waals surface area contributed by atoms with E-state index in [1.807, 2.05) is 0 Å². The summed E-state index contributed by atoms with van der Waals surface area (Å²) in [5.74, 6) is 1.61. The van der Waals surface area contributed by atoms with E-state index in [0.717, 1.165) is 6.42 Å². The van der Waals surface area contributed by atoms with Gasteiger partial charge in [0.05, 0.1) is 6.61 Å². The van der Waals surface area contributed by atoms with E-state index in [4.69, 9.17) is 10.3 Å². The summed E-state index contributed by atoms with van der Waals surface area (Å²) in [4.78, 5) is 4.14. The van der Waals surface area contributed by atoms with Gasteiger partial charge in [-0.15, -0.1) is 0 Å². The van der Waals surface area contributed by atoms with Crippen molar-refractivity contribution in [1.82, 2.24) is 10.1 Å². The first-order chi connectivity index (χ1) is 9.80. The number of halogens is 3. The molecule has 0 amide bonds. The molecule has 0 spiro atoms. The second-order valence-electron chi connectivity index (χ2n) is 5.46. The highest BCUT2D eigenvalue weighted by Gasteiger charge is 2.27. The monoisotopic (exact) mass is 309 g/mol. The van der Waals surface area contributed by atoms with Crippen LogP contribution in [0.5, 0.6) is 0 Å². The molecule has 1 rings (SSSR count). The second-order valence-corrected chi connectivity index (χ2v) is 5.46. The maximum atomic E-state index is 11.9. The zero-order chi connectivity index (χ0) is 15.9. The number of rotatable bonds is 9. The van der Waals surface area contributed by atoms with Crippen molar-refractivity contribution >= 4 is 0 Å². The molecule has 0 unspecified atom stereocenters. The minimum Gasteiger partial charge on any atom is -0.372 e. The lowest BCUT2D eigenvalue weighted by Crippen LogP contribution is -2.19. The molecular weight excluding hydrogens is 287 g/mol. The molecule has 1 aromatic heterocycles. The quantitative estimate of drug-likeness (QED) is 0.709. The Kier molecular flexibility index (Phi) is 7.10. The Morgan fingerprint density at radius 1 is 1.33 bits per heavy atom. The molecule has 0 fully saturated rings. The van der Waals surface area contributed by atoms with Crippen molar-refractivity contribution in [2.24, 2.45) is 17.6 Å². The molecule has 5 nitrogen and oxygen atoms in total. The standard InChI is InChI=1S/C13H22F3N3O2/c1-9(2)5-10(7-17)6-12-18-11(19-21-12)3-4-20-8-13(14,15)16/h9-10H,3-8,17H2,1-2H3/t10-/m0/s1. The van der Waals surface area contributed by atoms with E-state index in [-0.39, 0.29) is 18.9 Å². The largest absolute Gasteiger partial charge is 0.411 e. The van der Waals surface area contributed by atoms with Crippen LogP contribution in [0.4, 0.5) is 13.2 Å². The lowest BCUT2D eigenvalue weighted by atomic mass is 9.94. The SMILES string of the molecule is CC(C)C[C@H](CN)Cc1nc(CCOCC(F)(F)F)no1. The maximum absolute atomic E-state index is 11.9. The van der Waals surface area contributed by atoms with Crippen LogP contribution in [0.3, 0.4) is 0 Å². The third-order valence-electron chi connectivity index (χ3n) is 2.85. The number of hydrogen-bond donors (Lipinski definition) is 1. The van der Waals surface area contributed by atoms with Crippen molar-refractivity contribution in [3.05, 3.63) is 11.7 Å². The predicted octanol–water partition coefficient (Wildman–Crippen LogP) is 2.35. The Bertz CT molecular complexity index is 408. The summed E-state index contributed by atoms with van der Waals surface area (Å²) in [6.07, 6.45) is -2.57. The molecule has 1 aromatic rings. The normalized spacial score (nSPS) is 13.9. The Balaban J connectivity index is 2.35. The van der Waals surface area contributed by atoms with Crippen LogP contribution >= 0.6 is 0 Å². The molecule has 0 bridgehead atoms. The first-order valence-corrected chi connectivity index (χ1v) is 6.96. The summed E-state index contributed by atoms with van der Waals surface area (Å²) in [5, 5.41) is 3.73. The average molecular weight is 309 g/mol. The zero-order valence-electron chi connectivity index (χ0n) is 12.3. The Labute approximate surface area is 122 Å². The highest BCUT2D eigenvalue weighted by Crippen LogP contribution is 2.16. The zero-order valence-corrected chi connectivity index (χ0v) is 12.3. The third kappa shape index (κ3) is 8.01. The topological polar surface area (TPSA) is 74.2 Å². The molecule has 0 saturated carbocycles. The summed E-state index contributed by atoms with van der Waals surface area (Å²) >= 11 is 0. The molecule has 0 aliphatic heterocycles. The molecule has 0 aliphatic carbocycles. The van der Waals surface area contributed by atoms with E-state index < -0.39 is 12.8 Å². The van der Waals surface area contributed by atoms with Gasteiger partial charge in [-0.2, -0.15) is 18.2 Å². The molecule has 122 valence electrons. The highest BCUT2D eigenvalue weighted by molar-refractivity contribution is 4.88. The molecule has 2 N–H and O–H groups in total. The molecular formula is C13H22F3N3O2. The Morgan fingerprint density at radius 2 is 2.05 bits per heavy atom. The van der Waals surface area contributed by atoms with Crippen LogP contribution in [0.15, 0.2) is 4.52 Å². The fourth-order valence-corrected chi connectivity index (χ4v) is 2.00. The van der Waals surface area contributed by atoms with Gasteiger partial charge in [0.1, 0.15) is 6.61 Å². The molecule has 0 aliphatic rings. The van der Waals surface area contributed by atoms with Crippen LogP contribution in [-0.4, -0.2) is 36.1 Å². The van der Waals surface area contributed by atoms with Crippen LogP contribution < -0.4 is 5.73 Å². The van der Waals surface area contributed by atoms with E-state index >= 15 is 0 Å². The fraction of sp³-hybridized carbons (Fsp3) is 0.846. The molecule has 1 atom stereocenters. The van der Waals surface area contributed by atoms with E-state index in [2.05, 4.69) is 28.7 Å². The van der Waals surface area contributed by atoms with Crippen LogP contribution in [0.1, 0.15) is 32.0 Å². The molecule has 21 heavy (non-hydrogen) atoms. The summed E-state index contributed by atoms with van der Waals surface area (Å²) in [5.41, 5.74) is 5.70. The first-order valence-electron chi connectivity index (χ1n) is 6.96. The molecule has 0 saturated heterocycles. The average Bonchev–Trinajstić information content (AvgIpc) is 2.80.